The largest absolute Gasteiger partial charge is 0.380 e. The Morgan fingerprint density at radius 3 is 2.75 bits per heavy atom. The van der Waals surface area contributed by atoms with Crippen LogP contribution in [0.25, 0.3) is 10.9 Å². The van der Waals surface area contributed by atoms with E-state index in [1.807, 2.05) is 24.3 Å². The Hall–Kier alpha value is -2.32. The Kier molecular flexibility index (Phi) is 5.75. The molecule has 0 radical (unpaired) electrons. The van der Waals surface area contributed by atoms with E-state index in [0.29, 0.717) is 23.7 Å². The molecular weight excluding hydrogens is 420 g/mol. The van der Waals surface area contributed by atoms with Crippen LogP contribution in [-0.4, -0.2) is 38.5 Å². The van der Waals surface area contributed by atoms with Gasteiger partial charge >= 0.3 is 0 Å². The smallest absolute Gasteiger partial charge is 0.131 e. The average Bonchev–Trinajstić information content (AvgIpc) is 2.91. The van der Waals surface area contributed by atoms with E-state index < -0.39 is 10.6 Å². The maximum atomic E-state index is 10.7. The van der Waals surface area contributed by atoms with Crippen LogP contribution in [0, 0.1) is 6.92 Å². The molecule has 5 rings (SSSR count). The van der Waals surface area contributed by atoms with Crippen LogP contribution in [-0.2, 0) is 6.54 Å². The second kappa shape index (κ2) is 8.56. The first kappa shape index (κ1) is 21.5. The van der Waals surface area contributed by atoms with Crippen molar-refractivity contribution < 1.29 is 9.11 Å². The summed E-state index contributed by atoms with van der Waals surface area (Å²) in [6.45, 7) is 3.22. The van der Waals surface area contributed by atoms with Gasteiger partial charge in [-0.15, -0.1) is 0 Å². The van der Waals surface area contributed by atoms with E-state index in [9.17, 15) is 9.11 Å². The number of fused-ring (bicyclic) bond motifs is 2. The molecular formula is C25H32N4O2S. The monoisotopic (exact) mass is 452 g/mol. The van der Waals surface area contributed by atoms with Gasteiger partial charge in [-0.05, 0) is 43.5 Å². The Balaban J connectivity index is 1.55. The summed E-state index contributed by atoms with van der Waals surface area (Å²) in [5.41, 5.74) is 10.6. The third kappa shape index (κ3) is 4.18. The summed E-state index contributed by atoms with van der Waals surface area (Å²) in [5, 5.41) is 4.85. The first-order chi connectivity index (χ1) is 15.4. The van der Waals surface area contributed by atoms with Gasteiger partial charge in [-0.3, -0.25) is 9.11 Å². The van der Waals surface area contributed by atoms with E-state index in [1.165, 1.54) is 18.4 Å². The molecule has 0 saturated heterocycles. The average molecular weight is 453 g/mol. The number of rotatable bonds is 3. The minimum Gasteiger partial charge on any atom is -0.380 e. The summed E-state index contributed by atoms with van der Waals surface area (Å²) in [6.07, 6.45) is 4.51. The van der Waals surface area contributed by atoms with Gasteiger partial charge < -0.3 is 16.0 Å². The van der Waals surface area contributed by atoms with Crippen molar-refractivity contribution in [2.75, 3.05) is 22.5 Å². The van der Waals surface area contributed by atoms with E-state index in [1.54, 1.807) is 0 Å². The second-order valence-corrected chi connectivity index (χ2v) is 11.3. The number of hydrogen-bond donors (Lipinski definition) is 4. The van der Waals surface area contributed by atoms with Crippen LogP contribution in [0.3, 0.4) is 0 Å². The lowest BCUT2D eigenvalue weighted by Crippen LogP contribution is -2.42. The molecule has 7 heteroatoms. The second-order valence-electron chi connectivity index (χ2n) is 9.15. The van der Waals surface area contributed by atoms with E-state index >= 15 is 0 Å². The van der Waals surface area contributed by atoms with Gasteiger partial charge in [0.25, 0.3) is 0 Å². The van der Waals surface area contributed by atoms with Crippen LogP contribution in [0.1, 0.15) is 36.8 Å². The van der Waals surface area contributed by atoms with Crippen LogP contribution in [0.2, 0.25) is 0 Å². The molecule has 1 aliphatic carbocycles. The minimum absolute atomic E-state index is 0.151. The van der Waals surface area contributed by atoms with Crippen molar-refractivity contribution >= 4 is 33.0 Å². The van der Waals surface area contributed by atoms with Crippen molar-refractivity contribution in [1.29, 1.82) is 0 Å². The van der Waals surface area contributed by atoms with E-state index in [-0.39, 0.29) is 12.1 Å². The van der Waals surface area contributed by atoms with E-state index in [0.717, 1.165) is 40.8 Å². The van der Waals surface area contributed by atoms with E-state index in [2.05, 4.69) is 41.4 Å². The molecule has 3 aromatic rings. The Morgan fingerprint density at radius 2 is 1.91 bits per heavy atom. The van der Waals surface area contributed by atoms with Crippen molar-refractivity contribution in [3.8, 4) is 0 Å². The normalized spacial score (nSPS) is 23.9. The molecule has 2 aromatic carbocycles. The van der Waals surface area contributed by atoms with Gasteiger partial charge in [-0.2, -0.15) is 10.6 Å². The number of anilines is 2. The fourth-order valence-electron chi connectivity index (χ4n) is 4.93. The molecule has 1 fully saturated rings. The SMILES string of the molecule is Cc1ccc2nc(N3CCS(O)(O)c4ccccc4C3)cc(N[C@H]3CCCC[C@@H]3N)c2c1. The van der Waals surface area contributed by atoms with Gasteiger partial charge in [0.05, 0.1) is 16.2 Å². The first-order valence-corrected chi connectivity index (χ1v) is 13.1. The number of aromatic nitrogens is 1. The Labute approximate surface area is 191 Å². The maximum absolute atomic E-state index is 10.7. The number of benzene rings is 2. The number of hydrogen-bond acceptors (Lipinski definition) is 6. The fourth-order valence-corrected chi connectivity index (χ4v) is 6.47. The maximum Gasteiger partial charge on any atom is 0.131 e. The highest BCUT2D eigenvalue weighted by molar-refractivity contribution is 8.24. The van der Waals surface area contributed by atoms with Crippen molar-refractivity contribution in [1.82, 2.24) is 4.98 Å². The molecule has 2 atom stereocenters. The number of nitrogens with one attached hydrogen (secondary N) is 1. The predicted octanol–water partition coefficient (Wildman–Crippen LogP) is 5.35. The zero-order valence-electron chi connectivity index (χ0n) is 18.5. The standard InChI is InChI=1S/C25H32N4O2S/c1-17-10-11-21-19(14-17)23(27-22-8-4-3-7-20(22)26)15-25(28-21)29-12-13-32(30,31)24-9-5-2-6-18(24)16-29/h2,5-6,9-11,14-15,20,22,30-31H,3-4,7-8,12-13,16,26H2,1H3,(H,27,28)/t20-,22-/m0/s1. The van der Waals surface area contributed by atoms with Crippen LogP contribution in [0.5, 0.6) is 0 Å². The summed E-state index contributed by atoms with van der Waals surface area (Å²) in [7, 11) is -2.81. The van der Waals surface area contributed by atoms with Crippen molar-refractivity contribution in [2.24, 2.45) is 5.73 Å². The molecule has 1 saturated carbocycles. The zero-order chi connectivity index (χ0) is 22.3. The molecule has 0 amide bonds. The fraction of sp³-hybridized carbons (Fsp3) is 0.400. The third-order valence-electron chi connectivity index (χ3n) is 6.77. The number of nitrogens with zero attached hydrogens (tertiary/aromatic N) is 2. The molecule has 1 aliphatic heterocycles. The van der Waals surface area contributed by atoms with Crippen LogP contribution in [0.15, 0.2) is 53.4 Å². The van der Waals surface area contributed by atoms with E-state index in [4.69, 9.17) is 10.7 Å². The lowest BCUT2D eigenvalue weighted by atomic mass is 9.90. The highest BCUT2D eigenvalue weighted by atomic mass is 32.3. The van der Waals surface area contributed by atoms with Crippen molar-refractivity contribution in [2.45, 2.75) is 56.1 Å². The lowest BCUT2D eigenvalue weighted by Gasteiger charge is -2.32. The highest BCUT2D eigenvalue weighted by Gasteiger charge is 2.27. The first-order valence-electron chi connectivity index (χ1n) is 11.4. The van der Waals surface area contributed by atoms with Crippen LogP contribution in [0.4, 0.5) is 11.5 Å². The molecule has 0 spiro atoms. The zero-order valence-corrected chi connectivity index (χ0v) is 19.3. The number of pyridine rings is 1. The van der Waals surface area contributed by atoms with Gasteiger partial charge in [0, 0.05) is 42.3 Å². The molecule has 2 aliphatic rings. The summed E-state index contributed by atoms with van der Waals surface area (Å²) in [6, 6.07) is 16.5. The summed E-state index contributed by atoms with van der Waals surface area (Å²) >= 11 is 0. The molecule has 170 valence electrons. The lowest BCUT2D eigenvalue weighted by molar-refractivity contribution is 0.404. The van der Waals surface area contributed by atoms with Gasteiger partial charge in [0.15, 0.2) is 0 Å². The van der Waals surface area contributed by atoms with Crippen molar-refractivity contribution in [3.63, 3.8) is 0 Å². The molecule has 2 heterocycles. The quantitative estimate of drug-likeness (QED) is 0.428. The summed E-state index contributed by atoms with van der Waals surface area (Å²) in [4.78, 5) is 7.79. The minimum atomic E-state index is -2.81. The van der Waals surface area contributed by atoms with Gasteiger partial charge in [-0.1, -0.05) is 42.7 Å². The van der Waals surface area contributed by atoms with Gasteiger partial charge in [-0.25, -0.2) is 4.98 Å². The third-order valence-corrected chi connectivity index (χ3v) is 8.62. The molecule has 0 bridgehead atoms. The molecule has 32 heavy (non-hydrogen) atoms. The molecule has 6 nitrogen and oxygen atoms in total. The number of aryl methyl sites for hydroxylation is 1. The molecule has 1 aromatic heterocycles. The summed E-state index contributed by atoms with van der Waals surface area (Å²) < 4.78 is 21.5. The van der Waals surface area contributed by atoms with Gasteiger partial charge in [0.1, 0.15) is 5.82 Å². The predicted molar refractivity (Wildman–Crippen MR) is 134 cm³/mol. The summed E-state index contributed by atoms with van der Waals surface area (Å²) in [5.74, 6) is 1.15. The Bertz CT molecular complexity index is 1140. The topological polar surface area (TPSA) is 94.6 Å². The Morgan fingerprint density at radius 1 is 1.09 bits per heavy atom. The van der Waals surface area contributed by atoms with Gasteiger partial charge in [0.2, 0.25) is 0 Å². The molecule has 5 N–H and O–H groups in total. The van der Waals surface area contributed by atoms with Crippen LogP contribution >= 0.6 is 10.6 Å². The van der Waals surface area contributed by atoms with Crippen molar-refractivity contribution in [3.05, 3.63) is 59.7 Å². The number of nitrogens with two attached hydrogens (primary N) is 1. The highest BCUT2D eigenvalue weighted by Crippen LogP contribution is 2.51. The van der Waals surface area contributed by atoms with Crippen LogP contribution < -0.4 is 16.0 Å². The molecule has 0 unspecified atom stereocenters.